The molecule has 0 saturated carbocycles. The highest BCUT2D eigenvalue weighted by Crippen LogP contribution is 2.28. The van der Waals surface area contributed by atoms with Crippen LogP contribution < -0.4 is 5.73 Å². The van der Waals surface area contributed by atoms with E-state index in [4.69, 9.17) is 10.5 Å². The van der Waals surface area contributed by atoms with Gasteiger partial charge in [-0.05, 0) is 19.8 Å². The highest BCUT2D eigenvalue weighted by Gasteiger charge is 2.39. The van der Waals surface area contributed by atoms with Gasteiger partial charge >= 0.3 is 5.97 Å². The predicted octanol–water partition coefficient (Wildman–Crippen LogP) is 0.504. The Morgan fingerprint density at radius 3 is 2.87 bits per heavy atom. The number of carbonyl (C=O) groups is 1. The van der Waals surface area contributed by atoms with Gasteiger partial charge in [-0.3, -0.25) is 9.69 Å². The number of carbonyl (C=O) groups excluding carboxylic acids is 1. The van der Waals surface area contributed by atoms with Crippen LogP contribution >= 0.6 is 0 Å². The third kappa shape index (κ3) is 2.01. The predicted molar refractivity (Wildman–Crippen MR) is 57.4 cm³/mol. The molecular weight excluding hydrogens is 192 g/mol. The number of cyclic esters (lactones) is 1. The molecular formula is C11H20N2O2. The van der Waals surface area contributed by atoms with E-state index >= 15 is 0 Å². The molecule has 0 bridgehead atoms. The second-order valence-corrected chi connectivity index (χ2v) is 4.59. The lowest BCUT2D eigenvalue weighted by atomic mass is 9.94. The summed E-state index contributed by atoms with van der Waals surface area (Å²) in [5.74, 6) is -0.0535. The zero-order valence-corrected chi connectivity index (χ0v) is 9.32. The first-order valence-electron chi connectivity index (χ1n) is 5.88. The molecule has 2 saturated heterocycles. The maximum atomic E-state index is 11.6. The number of piperidine rings is 1. The van der Waals surface area contributed by atoms with E-state index in [-0.39, 0.29) is 12.0 Å². The van der Waals surface area contributed by atoms with Crippen molar-refractivity contribution in [2.45, 2.75) is 50.7 Å². The monoisotopic (exact) mass is 212 g/mol. The Morgan fingerprint density at radius 1 is 1.47 bits per heavy atom. The highest BCUT2D eigenvalue weighted by atomic mass is 16.5. The van der Waals surface area contributed by atoms with Gasteiger partial charge in [0.15, 0.2) is 0 Å². The highest BCUT2D eigenvalue weighted by molar-refractivity contribution is 5.77. The van der Waals surface area contributed by atoms with Crippen LogP contribution in [0.5, 0.6) is 0 Å². The largest absolute Gasteiger partial charge is 0.464 e. The minimum Gasteiger partial charge on any atom is -0.464 e. The fourth-order valence-corrected chi connectivity index (χ4v) is 2.86. The van der Waals surface area contributed by atoms with Gasteiger partial charge < -0.3 is 10.5 Å². The molecule has 15 heavy (non-hydrogen) atoms. The Labute approximate surface area is 90.8 Å². The first-order valence-corrected chi connectivity index (χ1v) is 5.88. The number of nitrogens with zero attached hydrogens (tertiary/aromatic N) is 1. The van der Waals surface area contributed by atoms with Crippen molar-refractivity contribution >= 4 is 5.97 Å². The van der Waals surface area contributed by atoms with Gasteiger partial charge in [0.05, 0.1) is 6.61 Å². The number of nitrogens with two attached hydrogens (primary N) is 1. The van der Waals surface area contributed by atoms with Gasteiger partial charge in [0.2, 0.25) is 0 Å². The molecule has 2 aliphatic heterocycles. The van der Waals surface area contributed by atoms with Gasteiger partial charge in [0, 0.05) is 25.0 Å². The zero-order chi connectivity index (χ0) is 10.8. The summed E-state index contributed by atoms with van der Waals surface area (Å²) in [5, 5.41) is 0. The van der Waals surface area contributed by atoms with Crippen LogP contribution in [0.3, 0.4) is 0 Å². The van der Waals surface area contributed by atoms with Gasteiger partial charge in [-0.25, -0.2) is 0 Å². The topological polar surface area (TPSA) is 55.6 Å². The smallest absolute Gasteiger partial charge is 0.323 e. The summed E-state index contributed by atoms with van der Waals surface area (Å²) in [4.78, 5) is 13.9. The molecule has 2 aliphatic rings. The molecule has 0 aromatic rings. The lowest BCUT2D eigenvalue weighted by Crippen LogP contribution is -2.55. The van der Waals surface area contributed by atoms with Crippen molar-refractivity contribution in [3.8, 4) is 0 Å². The molecule has 2 heterocycles. The third-order valence-corrected chi connectivity index (χ3v) is 3.63. The Bertz CT molecular complexity index is 245. The van der Waals surface area contributed by atoms with E-state index in [1.54, 1.807) is 0 Å². The van der Waals surface area contributed by atoms with Crippen molar-refractivity contribution in [3.05, 3.63) is 0 Å². The van der Waals surface area contributed by atoms with Crippen molar-refractivity contribution in [2.75, 3.05) is 13.2 Å². The van der Waals surface area contributed by atoms with Crippen LogP contribution in [0, 0.1) is 0 Å². The third-order valence-electron chi connectivity index (χ3n) is 3.63. The van der Waals surface area contributed by atoms with Gasteiger partial charge in [-0.15, -0.1) is 0 Å². The average molecular weight is 212 g/mol. The van der Waals surface area contributed by atoms with Crippen LogP contribution in [0.25, 0.3) is 0 Å². The average Bonchev–Trinajstić information content (AvgIpc) is 2.64. The van der Waals surface area contributed by atoms with Gasteiger partial charge in [-0.2, -0.15) is 0 Å². The molecule has 0 aromatic heterocycles. The molecule has 0 spiro atoms. The summed E-state index contributed by atoms with van der Waals surface area (Å²) in [5.41, 5.74) is 5.78. The first kappa shape index (κ1) is 10.9. The number of likely N-dealkylation sites (tertiary alicyclic amines) is 1. The SMILES string of the molecule is CC1CCCC(CN)N1C1CCOC1=O. The van der Waals surface area contributed by atoms with Gasteiger partial charge in [0.25, 0.3) is 0 Å². The van der Waals surface area contributed by atoms with Crippen molar-refractivity contribution in [2.24, 2.45) is 5.73 Å². The number of rotatable bonds is 2. The van der Waals surface area contributed by atoms with E-state index in [9.17, 15) is 4.79 Å². The van der Waals surface area contributed by atoms with E-state index in [1.807, 2.05) is 0 Å². The molecule has 2 fully saturated rings. The standard InChI is InChI=1S/C11H20N2O2/c1-8-3-2-4-9(7-12)13(8)10-5-6-15-11(10)14/h8-10H,2-7,12H2,1H3. The van der Waals surface area contributed by atoms with Crippen LogP contribution in [-0.2, 0) is 9.53 Å². The molecule has 4 nitrogen and oxygen atoms in total. The summed E-state index contributed by atoms with van der Waals surface area (Å²) in [6, 6.07) is 0.793. The maximum absolute atomic E-state index is 11.6. The number of ether oxygens (including phenoxy) is 1. The molecule has 86 valence electrons. The van der Waals surface area contributed by atoms with Crippen molar-refractivity contribution in [1.29, 1.82) is 0 Å². The number of esters is 1. The Balaban J connectivity index is 2.11. The molecule has 3 unspecified atom stereocenters. The molecule has 0 radical (unpaired) electrons. The summed E-state index contributed by atoms with van der Waals surface area (Å²) in [7, 11) is 0. The van der Waals surface area contributed by atoms with Crippen molar-refractivity contribution in [3.63, 3.8) is 0 Å². The van der Waals surface area contributed by atoms with Crippen LogP contribution in [-0.4, -0.2) is 42.1 Å². The minimum absolute atomic E-state index is 0.0335. The van der Waals surface area contributed by atoms with E-state index in [2.05, 4.69) is 11.8 Å². The van der Waals surface area contributed by atoms with E-state index < -0.39 is 0 Å². The minimum atomic E-state index is -0.0535. The van der Waals surface area contributed by atoms with Crippen LogP contribution in [0.2, 0.25) is 0 Å². The summed E-state index contributed by atoms with van der Waals surface area (Å²) in [6.07, 6.45) is 4.34. The summed E-state index contributed by atoms with van der Waals surface area (Å²) in [6.45, 7) is 3.41. The van der Waals surface area contributed by atoms with Gasteiger partial charge in [-0.1, -0.05) is 6.42 Å². The Kier molecular flexibility index (Phi) is 3.26. The maximum Gasteiger partial charge on any atom is 0.323 e. The quantitative estimate of drug-likeness (QED) is 0.677. The second-order valence-electron chi connectivity index (χ2n) is 4.59. The fraction of sp³-hybridized carbons (Fsp3) is 0.909. The summed E-state index contributed by atoms with van der Waals surface area (Å²) >= 11 is 0. The zero-order valence-electron chi connectivity index (χ0n) is 9.32. The van der Waals surface area contributed by atoms with Crippen molar-refractivity contribution < 1.29 is 9.53 Å². The summed E-state index contributed by atoms with van der Waals surface area (Å²) < 4.78 is 5.04. The lowest BCUT2D eigenvalue weighted by Gasteiger charge is -2.42. The molecule has 3 atom stereocenters. The molecule has 2 N–H and O–H groups in total. The molecule has 2 rings (SSSR count). The van der Waals surface area contributed by atoms with E-state index in [1.165, 1.54) is 12.8 Å². The fourth-order valence-electron chi connectivity index (χ4n) is 2.86. The first-order chi connectivity index (χ1) is 7.24. The second kappa shape index (κ2) is 4.49. The van der Waals surface area contributed by atoms with Crippen molar-refractivity contribution in [1.82, 2.24) is 4.90 Å². The van der Waals surface area contributed by atoms with E-state index in [0.717, 1.165) is 12.8 Å². The Hall–Kier alpha value is -0.610. The molecule has 0 amide bonds. The van der Waals surface area contributed by atoms with Crippen LogP contribution in [0.15, 0.2) is 0 Å². The van der Waals surface area contributed by atoms with Gasteiger partial charge in [0.1, 0.15) is 6.04 Å². The van der Waals surface area contributed by atoms with Crippen LogP contribution in [0.4, 0.5) is 0 Å². The number of hydrogen-bond donors (Lipinski definition) is 1. The molecule has 4 heteroatoms. The number of hydrogen-bond acceptors (Lipinski definition) is 4. The normalized spacial score (nSPS) is 38.0. The lowest BCUT2D eigenvalue weighted by molar-refractivity contribution is -0.144. The van der Waals surface area contributed by atoms with E-state index in [0.29, 0.717) is 25.2 Å². The molecule has 0 aliphatic carbocycles. The molecule has 0 aromatic carbocycles. The Morgan fingerprint density at radius 2 is 2.27 bits per heavy atom. The van der Waals surface area contributed by atoms with Crippen LogP contribution in [0.1, 0.15) is 32.6 Å².